The molecule has 0 nitrogen and oxygen atoms in total. The van der Waals surface area contributed by atoms with E-state index in [2.05, 4.69) is 36.5 Å². The topological polar surface area (TPSA) is 0 Å². The van der Waals surface area contributed by atoms with E-state index in [0.717, 1.165) is 0 Å². The Morgan fingerprint density at radius 2 is 1.31 bits per heavy atom. The van der Waals surface area contributed by atoms with Crippen LogP contribution in [0.15, 0.2) is 69.9 Å². The number of rotatable bonds is 3. The van der Waals surface area contributed by atoms with Gasteiger partial charge in [0.05, 0.1) is 0 Å². The lowest BCUT2D eigenvalue weighted by molar-refractivity contribution is 0.693. The predicted octanol–water partition coefficient (Wildman–Crippen LogP) is 8.06. The van der Waals surface area contributed by atoms with Gasteiger partial charge in [0.1, 0.15) is 0 Å². The molecule has 0 aromatic rings. The van der Waals surface area contributed by atoms with Crippen LogP contribution < -0.4 is 0 Å². The van der Waals surface area contributed by atoms with E-state index in [9.17, 15) is 0 Å². The largest absolute Gasteiger partial charge is 0.0842 e. The lowest BCUT2D eigenvalue weighted by Crippen LogP contribution is -2.06. The predicted molar refractivity (Wildman–Crippen MR) is 113 cm³/mol. The van der Waals surface area contributed by atoms with E-state index in [1.165, 1.54) is 89.9 Å². The van der Waals surface area contributed by atoms with Gasteiger partial charge in [0.2, 0.25) is 0 Å². The van der Waals surface area contributed by atoms with Crippen molar-refractivity contribution >= 4 is 0 Å². The first-order valence-corrected chi connectivity index (χ1v) is 11.1. The van der Waals surface area contributed by atoms with Crippen LogP contribution in [0.2, 0.25) is 0 Å². The second-order valence-electron chi connectivity index (χ2n) is 8.33. The Bertz CT molecular complexity index is 702. The summed E-state index contributed by atoms with van der Waals surface area (Å²) in [5, 5.41) is 0. The van der Waals surface area contributed by atoms with Gasteiger partial charge < -0.3 is 0 Å². The van der Waals surface area contributed by atoms with E-state index in [4.69, 9.17) is 0 Å². The molecule has 0 amide bonds. The van der Waals surface area contributed by atoms with E-state index in [1.54, 1.807) is 33.4 Å². The maximum absolute atomic E-state index is 2.60. The molecule has 4 aliphatic carbocycles. The van der Waals surface area contributed by atoms with Crippen LogP contribution in [0.1, 0.15) is 89.9 Å². The molecule has 4 aliphatic rings. The highest BCUT2D eigenvalue weighted by molar-refractivity contribution is 5.63. The zero-order valence-electron chi connectivity index (χ0n) is 16.4. The molecule has 0 saturated heterocycles. The number of allylic oxidation sites excluding steroid dienone is 12. The smallest absolute Gasteiger partial charge is 0.0118 e. The van der Waals surface area contributed by atoms with Crippen LogP contribution in [0.25, 0.3) is 0 Å². The van der Waals surface area contributed by atoms with E-state index >= 15 is 0 Å². The van der Waals surface area contributed by atoms with Crippen molar-refractivity contribution in [2.24, 2.45) is 0 Å². The molecule has 0 heterocycles. The highest BCUT2D eigenvalue weighted by atomic mass is 14.3. The van der Waals surface area contributed by atoms with Gasteiger partial charge in [0.15, 0.2) is 0 Å². The third-order valence-corrected chi connectivity index (χ3v) is 6.45. The zero-order chi connectivity index (χ0) is 17.6. The molecule has 0 fully saturated rings. The van der Waals surface area contributed by atoms with Gasteiger partial charge in [0, 0.05) is 0 Å². The number of hydrogen-bond acceptors (Lipinski definition) is 0. The standard InChI is InChI=1S/C26H34/c1-2-6-14-21(13-5-1)24-19-11-12-20-25(22-15-7-3-8-16-22)26(24)23-17-9-4-10-18-23/h4,9,13,15,17,19H,1-3,5-8,10-12,14,16,18,20H2. The van der Waals surface area contributed by atoms with E-state index < -0.39 is 0 Å². The molecule has 0 saturated carbocycles. The second kappa shape index (κ2) is 8.89. The van der Waals surface area contributed by atoms with Crippen LogP contribution in [0.4, 0.5) is 0 Å². The van der Waals surface area contributed by atoms with Crippen molar-refractivity contribution in [1.82, 2.24) is 0 Å². The fourth-order valence-electron chi connectivity index (χ4n) is 5.08. The molecule has 138 valence electrons. The molecule has 0 aromatic heterocycles. The van der Waals surface area contributed by atoms with Gasteiger partial charge in [-0.25, -0.2) is 0 Å². The Morgan fingerprint density at radius 3 is 2.12 bits per heavy atom. The van der Waals surface area contributed by atoms with Crippen molar-refractivity contribution in [2.45, 2.75) is 89.9 Å². The van der Waals surface area contributed by atoms with Gasteiger partial charge in [-0.2, -0.15) is 0 Å². The lowest BCUT2D eigenvalue weighted by atomic mass is 9.80. The molecule has 0 radical (unpaired) electrons. The van der Waals surface area contributed by atoms with Crippen LogP contribution >= 0.6 is 0 Å². The van der Waals surface area contributed by atoms with Crippen molar-refractivity contribution < 1.29 is 0 Å². The van der Waals surface area contributed by atoms with Gasteiger partial charge in [0.25, 0.3) is 0 Å². The third kappa shape index (κ3) is 4.05. The van der Waals surface area contributed by atoms with Gasteiger partial charge in [-0.05, 0) is 117 Å². The van der Waals surface area contributed by atoms with Crippen LogP contribution in [0.3, 0.4) is 0 Å². The van der Waals surface area contributed by atoms with Crippen molar-refractivity contribution in [1.29, 1.82) is 0 Å². The Hall–Kier alpha value is -1.56. The van der Waals surface area contributed by atoms with E-state index in [1.807, 2.05) is 0 Å². The van der Waals surface area contributed by atoms with Crippen molar-refractivity contribution in [3.63, 3.8) is 0 Å². The molecular formula is C26H34. The minimum atomic E-state index is 1.20. The summed E-state index contributed by atoms with van der Waals surface area (Å²) in [5.74, 6) is 0. The van der Waals surface area contributed by atoms with E-state index in [-0.39, 0.29) is 0 Å². The molecule has 0 N–H and O–H groups in total. The molecule has 0 unspecified atom stereocenters. The third-order valence-electron chi connectivity index (χ3n) is 6.45. The lowest BCUT2D eigenvalue weighted by Gasteiger charge is -2.25. The maximum Gasteiger partial charge on any atom is -0.0118 e. The van der Waals surface area contributed by atoms with Gasteiger partial charge in [-0.15, -0.1) is 0 Å². The minimum Gasteiger partial charge on any atom is -0.0842 e. The molecule has 0 spiro atoms. The SMILES string of the molecule is C1=CCCC(C2=C(C3=CCCCC3)CCCC=C2C2=CCCCCC2)=C1. The highest BCUT2D eigenvalue weighted by Crippen LogP contribution is 2.42. The Morgan fingerprint density at radius 1 is 0.538 bits per heavy atom. The fraction of sp³-hybridized carbons (Fsp3) is 0.538. The van der Waals surface area contributed by atoms with Gasteiger partial charge in [-0.1, -0.05) is 42.9 Å². The second-order valence-corrected chi connectivity index (χ2v) is 8.33. The molecule has 26 heavy (non-hydrogen) atoms. The Balaban J connectivity index is 1.82. The summed E-state index contributed by atoms with van der Waals surface area (Å²) in [5.41, 5.74) is 9.92. The van der Waals surface area contributed by atoms with Crippen LogP contribution in [-0.4, -0.2) is 0 Å². The maximum atomic E-state index is 2.60. The van der Waals surface area contributed by atoms with Crippen LogP contribution in [0, 0.1) is 0 Å². The van der Waals surface area contributed by atoms with Crippen molar-refractivity contribution in [2.75, 3.05) is 0 Å². The zero-order valence-corrected chi connectivity index (χ0v) is 16.4. The minimum absolute atomic E-state index is 1.20. The monoisotopic (exact) mass is 346 g/mol. The molecule has 0 heteroatoms. The summed E-state index contributed by atoms with van der Waals surface area (Å²) < 4.78 is 0. The summed E-state index contributed by atoms with van der Waals surface area (Å²) >= 11 is 0. The summed E-state index contributed by atoms with van der Waals surface area (Å²) in [6.45, 7) is 0. The summed E-state index contributed by atoms with van der Waals surface area (Å²) in [6.07, 6.45) is 33.1. The summed E-state index contributed by atoms with van der Waals surface area (Å²) in [4.78, 5) is 0. The average Bonchev–Trinajstić information content (AvgIpc) is 3.10. The Labute approximate surface area is 160 Å². The first-order chi connectivity index (χ1) is 12.9. The normalized spacial score (nSPS) is 24.9. The van der Waals surface area contributed by atoms with Gasteiger partial charge in [-0.3, -0.25) is 0 Å². The molecular weight excluding hydrogens is 312 g/mol. The van der Waals surface area contributed by atoms with Crippen molar-refractivity contribution in [3.05, 3.63) is 69.9 Å². The van der Waals surface area contributed by atoms with E-state index in [0.29, 0.717) is 0 Å². The average molecular weight is 347 g/mol. The summed E-state index contributed by atoms with van der Waals surface area (Å²) in [7, 11) is 0. The molecule has 0 atom stereocenters. The highest BCUT2D eigenvalue weighted by Gasteiger charge is 2.24. The molecule has 0 aliphatic heterocycles. The Kier molecular flexibility index (Phi) is 6.10. The first-order valence-electron chi connectivity index (χ1n) is 11.1. The van der Waals surface area contributed by atoms with Crippen molar-refractivity contribution in [3.8, 4) is 0 Å². The fourth-order valence-corrected chi connectivity index (χ4v) is 5.08. The molecule has 0 bridgehead atoms. The molecule has 0 aromatic carbocycles. The molecule has 4 rings (SSSR count). The quantitative estimate of drug-likeness (QED) is 0.484. The first kappa shape index (κ1) is 17.8. The summed E-state index contributed by atoms with van der Waals surface area (Å²) in [6, 6.07) is 0. The van der Waals surface area contributed by atoms with Crippen LogP contribution in [-0.2, 0) is 0 Å². The van der Waals surface area contributed by atoms with Gasteiger partial charge >= 0.3 is 0 Å². The number of hydrogen-bond donors (Lipinski definition) is 0. The van der Waals surface area contributed by atoms with Crippen LogP contribution in [0.5, 0.6) is 0 Å².